The summed E-state index contributed by atoms with van der Waals surface area (Å²) in [5, 5.41) is 5.28. The number of hydrogen-bond acceptors (Lipinski definition) is 2. The molecule has 0 bridgehead atoms. The maximum Gasteiger partial charge on any atom is 0.261 e. The van der Waals surface area contributed by atoms with E-state index in [1.807, 2.05) is 42.5 Å². The molecule has 4 rings (SSSR count). The van der Waals surface area contributed by atoms with E-state index in [1.54, 1.807) is 30.3 Å². The summed E-state index contributed by atoms with van der Waals surface area (Å²) in [6, 6.07) is 24.1. The van der Waals surface area contributed by atoms with Gasteiger partial charge in [0.2, 0.25) is 0 Å². The van der Waals surface area contributed by atoms with Crippen molar-refractivity contribution in [2.24, 2.45) is 0 Å². The van der Waals surface area contributed by atoms with E-state index in [-0.39, 0.29) is 5.56 Å². The Morgan fingerprint density at radius 1 is 0.852 bits per heavy atom. The molecule has 5 heteroatoms. The molecule has 0 radical (unpaired) electrons. The maximum absolute atomic E-state index is 12.4. The Hall–Kier alpha value is -3.37. The molecular formula is C22H15ClN2O2. The van der Waals surface area contributed by atoms with Crippen molar-refractivity contribution in [1.29, 1.82) is 0 Å². The van der Waals surface area contributed by atoms with Gasteiger partial charge in [-0.25, -0.2) is 0 Å². The average Bonchev–Trinajstić information content (AvgIpc) is 2.69. The Morgan fingerprint density at radius 3 is 2.37 bits per heavy atom. The van der Waals surface area contributed by atoms with Gasteiger partial charge in [0.15, 0.2) is 0 Å². The zero-order chi connectivity index (χ0) is 18.8. The van der Waals surface area contributed by atoms with Crippen molar-refractivity contribution in [3.8, 4) is 11.3 Å². The highest BCUT2D eigenvalue weighted by molar-refractivity contribution is 6.33. The molecule has 0 saturated heterocycles. The number of hydrogen-bond donors (Lipinski definition) is 2. The number of rotatable bonds is 3. The number of amides is 1. The first kappa shape index (κ1) is 17.1. The standard InChI is InChI=1S/C22H15ClN2O2/c23-18-7-3-4-8-20(18)25-22(27)17-11-12-19(24-21(17)26)16-10-9-14-5-1-2-6-15(14)13-16/h1-13H,(H,24,26)(H,25,27). The summed E-state index contributed by atoms with van der Waals surface area (Å²) in [7, 11) is 0. The first-order valence-electron chi connectivity index (χ1n) is 8.40. The highest BCUT2D eigenvalue weighted by Gasteiger charge is 2.13. The highest BCUT2D eigenvalue weighted by atomic mass is 35.5. The number of benzene rings is 3. The Bertz CT molecular complexity index is 1210. The Morgan fingerprint density at radius 2 is 1.59 bits per heavy atom. The molecule has 1 heterocycles. The SMILES string of the molecule is O=C(Nc1ccccc1Cl)c1ccc(-c2ccc3ccccc3c2)[nH]c1=O. The van der Waals surface area contributed by atoms with Crippen LogP contribution in [0.4, 0.5) is 5.69 Å². The van der Waals surface area contributed by atoms with Crippen molar-refractivity contribution in [2.75, 3.05) is 5.32 Å². The highest BCUT2D eigenvalue weighted by Crippen LogP contribution is 2.23. The lowest BCUT2D eigenvalue weighted by Gasteiger charge is -2.08. The van der Waals surface area contributed by atoms with Crippen molar-refractivity contribution < 1.29 is 4.79 Å². The van der Waals surface area contributed by atoms with Crippen LogP contribution >= 0.6 is 11.6 Å². The zero-order valence-corrected chi connectivity index (χ0v) is 15.0. The maximum atomic E-state index is 12.4. The van der Waals surface area contributed by atoms with E-state index < -0.39 is 11.5 Å². The van der Waals surface area contributed by atoms with Gasteiger partial charge in [0.05, 0.1) is 10.7 Å². The lowest BCUT2D eigenvalue weighted by atomic mass is 10.0. The summed E-state index contributed by atoms with van der Waals surface area (Å²) in [5.41, 5.74) is 1.57. The molecular weight excluding hydrogens is 360 g/mol. The van der Waals surface area contributed by atoms with Crippen LogP contribution in [0, 0.1) is 0 Å². The number of para-hydroxylation sites is 1. The summed E-state index contributed by atoms with van der Waals surface area (Å²) < 4.78 is 0. The molecule has 0 saturated carbocycles. The molecule has 0 unspecified atom stereocenters. The van der Waals surface area contributed by atoms with Gasteiger partial charge in [0.25, 0.3) is 11.5 Å². The molecule has 0 aliphatic carbocycles. The van der Waals surface area contributed by atoms with E-state index in [4.69, 9.17) is 11.6 Å². The third-order valence-corrected chi connectivity index (χ3v) is 4.67. The number of fused-ring (bicyclic) bond motifs is 1. The van der Waals surface area contributed by atoms with Gasteiger partial charge in [-0.1, -0.05) is 60.1 Å². The molecule has 1 aromatic heterocycles. The number of aromatic amines is 1. The van der Waals surface area contributed by atoms with Gasteiger partial charge in [-0.3, -0.25) is 9.59 Å². The normalized spacial score (nSPS) is 10.7. The van der Waals surface area contributed by atoms with E-state index in [9.17, 15) is 9.59 Å². The van der Waals surface area contributed by atoms with Gasteiger partial charge in [-0.15, -0.1) is 0 Å². The number of pyridine rings is 1. The number of nitrogens with one attached hydrogen (secondary N) is 2. The minimum atomic E-state index is -0.505. The lowest BCUT2D eigenvalue weighted by Crippen LogP contribution is -2.23. The molecule has 4 aromatic rings. The van der Waals surface area contributed by atoms with E-state index in [2.05, 4.69) is 10.3 Å². The summed E-state index contributed by atoms with van der Waals surface area (Å²) >= 11 is 6.05. The summed E-state index contributed by atoms with van der Waals surface area (Å²) in [4.78, 5) is 27.7. The van der Waals surface area contributed by atoms with Gasteiger partial charge in [-0.05, 0) is 46.7 Å². The van der Waals surface area contributed by atoms with E-state index in [1.165, 1.54) is 6.07 Å². The fourth-order valence-corrected chi connectivity index (χ4v) is 3.11. The topological polar surface area (TPSA) is 62.0 Å². The van der Waals surface area contributed by atoms with Crippen molar-refractivity contribution in [2.45, 2.75) is 0 Å². The number of H-pyrrole nitrogens is 1. The third-order valence-electron chi connectivity index (χ3n) is 4.34. The summed E-state index contributed by atoms with van der Waals surface area (Å²) in [5.74, 6) is -0.505. The molecule has 0 aliphatic rings. The molecule has 2 N–H and O–H groups in total. The smallest absolute Gasteiger partial charge is 0.261 e. The van der Waals surface area contributed by atoms with E-state index >= 15 is 0 Å². The second-order valence-electron chi connectivity index (χ2n) is 6.11. The summed E-state index contributed by atoms with van der Waals surface area (Å²) in [6.45, 7) is 0. The van der Waals surface area contributed by atoms with Crippen LogP contribution in [0.5, 0.6) is 0 Å². The van der Waals surface area contributed by atoms with Gasteiger partial charge in [0.1, 0.15) is 5.56 Å². The number of aromatic nitrogens is 1. The van der Waals surface area contributed by atoms with Gasteiger partial charge in [0, 0.05) is 5.69 Å². The van der Waals surface area contributed by atoms with E-state index in [0.717, 1.165) is 16.3 Å². The van der Waals surface area contributed by atoms with Crippen LogP contribution in [-0.2, 0) is 0 Å². The largest absolute Gasteiger partial charge is 0.321 e. The van der Waals surface area contributed by atoms with Gasteiger partial charge >= 0.3 is 0 Å². The zero-order valence-electron chi connectivity index (χ0n) is 14.2. The van der Waals surface area contributed by atoms with Crippen molar-refractivity contribution in [1.82, 2.24) is 4.98 Å². The number of halogens is 1. The third kappa shape index (κ3) is 3.48. The molecule has 132 valence electrons. The second kappa shape index (κ2) is 7.09. The Kier molecular flexibility index (Phi) is 4.48. The molecule has 27 heavy (non-hydrogen) atoms. The fraction of sp³-hybridized carbons (Fsp3) is 0. The lowest BCUT2D eigenvalue weighted by molar-refractivity contribution is 0.102. The van der Waals surface area contributed by atoms with Crippen LogP contribution in [0.3, 0.4) is 0 Å². The van der Waals surface area contributed by atoms with Crippen molar-refractivity contribution in [3.63, 3.8) is 0 Å². The Balaban J connectivity index is 1.64. The first-order valence-corrected chi connectivity index (χ1v) is 8.78. The molecule has 1 amide bonds. The molecule has 3 aromatic carbocycles. The second-order valence-corrected chi connectivity index (χ2v) is 6.52. The van der Waals surface area contributed by atoms with Gasteiger partial charge in [-0.2, -0.15) is 0 Å². The van der Waals surface area contributed by atoms with Crippen LogP contribution in [0.25, 0.3) is 22.0 Å². The molecule has 0 aliphatic heterocycles. The molecule has 0 spiro atoms. The molecule has 4 nitrogen and oxygen atoms in total. The van der Waals surface area contributed by atoms with Crippen molar-refractivity contribution >= 4 is 34.0 Å². The number of carbonyl (C=O) groups excluding carboxylic acids is 1. The predicted octanol–water partition coefficient (Wildman–Crippen LogP) is 5.10. The minimum Gasteiger partial charge on any atom is -0.321 e. The van der Waals surface area contributed by atoms with Crippen LogP contribution in [-0.4, -0.2) is 10.9 Å². The minimum absolute atomic E-state index is 0.0273. The quantitative estimate of drug-likeness (QED) is 0.524. The summed E-state index contributed by atoms with van der Waals surface area (Å²) in [6.07, 6.45) is 0. The van der Waals surface area contributed by atoms with E-state index in [0.29, 0.717) is 16.4 Å². The van der Waals surface area contributed by atoms with Crippen molar-refractivity contribution in [3.05, 3.63) is 99.8 Å². The fourth-order valence-electron chi connectivity index (χ4n) is 2.93. The predicted molar refractivity (Wildman–Crippen MR) is 109 cm³/mol. The first-order chi connectivity index (χ1) is 13.1. The van der Waals surface area contributed by atoms with Crippen LogP contribution in [0.2, 0.25) is 5.02 Å². The number of anilines is 1. The number of carbonyl (C=O) groups is 1. The molecule has 0 fully saturated rings. The molecule has 0 atom stereocenters. The average molecular weight is 375 g/mol. The van der Waals surface area contributed by atoms with Gasteiger partial charge < -0.3 is 10.3 Å². The Labute approximate surface area is 160 Å². The van der Waals surface area contributed by atoms with Crippen LogP contribution in [0.15, 0.2) is 83.7 Å². The monoisotopic (exact) mass is 374 g/mol. The van der Waals surface area contributed by atoms with Crippen LogP contribution < -0.4 is 10.9 Å². The van der Waals surface area contributed by atoms with Crippen LogP contribution in [0.1, 0.15) is 10.4 Å².